The number of hydrogen-bond donors (Lipinski definition) is 2. The minimum atomic E-state index is -0.316. The van der Waals surface area contributed by atoms with Crippen LogP contribution in [0.4, 0.5) is 5.13 Å². The van der Waals surface area contributed by atoms with Gasteiger partial charge in [0.25, 0.3) is 5.91 Å². The smallest absolute Gasteiger partial charge is 0.283 e. The number of benzene rings is 2. The van der Waals surface area contributed by atoms with E-state index in [4.69, 9.17) is 22.1 Å². The van der Waals surface area contributed by atoms with Crippen molar-refractivity contribution in [1.29, 1.82) is 0 Å². The van der Waals surface area contributed by atoms with Gasteiger partial charge in [0.15, 0.2) is 5.13 Å². The van der Waals surface area contributed by atoms with Gasteiger partial charge in [0.2, 0.25) is 0 Å². The number of nitrogens with two attached hydrogens (primary N) is 1. The zero-order valence-corrected chi connectivity index (χ0v) is 16.8. The Morgan fingerprint density at radius 1 is 1.32 bits per heavy atom. The maximum absolute atomic E-state index is 12.2. The quantitative estimate of drug-likeness (QED) is 0.446. The van der Waals surface area contributed by atoms with E-state index in [1.54, 1.807) is 6.21 Å². The monoisotopic (exact) mass is 414 g/mol. The molecule has 144 valence electrons. The van der Waals surface area contributed by atoms with Crippen molar-refractivity contribution in [2.24, 2.45) is 5.10 Å². The highest BCUT2D eigenvalue weighted by Crippen LogP contribution is 2.20. The number of carbonyl (C=O) groups excluding carboxylic acids is 1. The summed E-state index contributed by atoms with van der Waals surface area (Å²) in [5, 5.41) is 5.05. The number of thiazole rings is 1. The molecule has 3 N–H and O–H groups in total. The van der Waals surface area contributed by atoms with Crippen LogP contribution in [0.25, 0.3) is 0 Å². The van der Waals surface area contributed by atoms with E-state index < -0.39 is 0 Å². The number of amides is 1. The van der Waals surface area contributed by atoms with Gasteiger partial charge in [0.1, 0.15) is 17.2 Å². The summed E-state index contributed by atoms with van der Waals surface area (Å²) in [6.07, 6.45) is 2.20. The normalized spacial score (nSPS) is 10.9. The number of nitrogen functional groups attached to an aromatic ring is 1. The summed E-state index contributed by atoms with van der Waals surface area (Å²) in [4.78, 5) is 16.8. The summed E-state index contributed by atoms with van der Waals surface area (Å²) >= 11 is 7.12. The minimum Gasteiger partial charge on any atom is -0.489 e. The molecule has 1 aromatic heterocycles. The fraction of sp³-hybridized carbons (Fsp3) is 0.150. The van der Waals surface area contributed by atoms with Crippen LogP contribution in [0.2, 0.25) is 5.02 Å². The first-order chi connectivity index (χ1) is 13.5. The first-order valence-electron chi connectivity index (χ1n) is 8.61. The van der Waals surface area contributed by atoms with Crippen LogP contribution in [0.5, 0.6) is 5.75 Å². The Balaban J connectivity index is 1.54. The van der Waals surface area contributed by atoms with Gasteiger partial charge in [-0.25, -0.2) is 10.4 Å². The highest BCUT2D eigenvalue weighted by atomic mass is 35.5. The lowest BCUT2D eigenvalue weighted by Gasteiger charge is -2.06. The lowest BCUT2D eigenvalue weighted by Crippen LogP contribution is -2.17. The molecule has 0 aliphatic carbocycles. The Bertz CT molecular complexity index is 986. The van der Waals surface area contributed by atoms with Crippen LogP contribution in [0.15, 0.2) is 53.6 Å². The van der Waals surface area contributed by atoms with Crippen molar-refractivity contribution in [2.75, 3.05) is 5.73 Å². The Kier molecular flexibility index (Phi) is 6.62. The van der Waals surface area contributed by atoms with Crippen molar-refractivity contribution in [3.05, 3.63) is 75.3 Å². The van der Waals surface area contributed by atoms with E-state index in [2.05, 4.69) is 15.5 Å². The number of ether oxygens (including phenoxy) is 1. The third-order valence-electron chi connectivity index (χ3n) is 3.81. The highest BCUT2D eigenvalue weighted by molar-refractivity contribution is 7.17. The first kappa shape index (κ1) is 19.9. The number of hydrazone groups is 1. The average Bonchev–Trinajstić information content (AvgIpc) is 3.08. The number of anilines is 1. The minimum absolute atomic E-state index is 0.316. The van der Waals surface area contributed by atoms with E-state index in [0.717, 1.165) is 28.2 Å². The van der Waals surface area contributed by atoms with Gasteiger partial charge in [-0.1, -0.05) is 42.0 Å². The van der Waals surface area contributed by atoms with Crippen LogP contribution < -0.4 is 15.9 Å². The van der Waals surface area contributed by atoms with Crippen LogP contribution in [0.3, 0.4) is 0 Å². The number of rotatable bonds is 7. The zero-order chi connectivity index (χ0) is 19.9. The van der Waals surface area contributed by atoms with E-state index in [-0.39, 0.29) is 5.91 Å². The SMILES string of the molecule is CCc1nc(N)sc1C(=O)N/N=C/c1ccc(OCc2cccc(Cl)c2)cc1. The van der Waals surface area contributed by atoms with Crippen molar-refractivity contribution in [3.8, 4) is 5.75 Å². The molecule has 3 aromatic rings. The Hall–Kier alpha value is -2.90. The summed E-state index contributed by atoms with van der Waals surface area (Å²) in [7, 11) is 0. The number of hydrogen-bond acceptors (Lipinski definition) is 6. The molecule has 0 aliphatic heterocycles. The van der Waals surface area contributed by atoms with E-state index in [1.165, 1.54) is 0 Å². The van der Waals surface area contributed by atoms with E-state index in [9.17, 15) is 4.79 Å². The van der Waals surface area contributed by atoms with Gasteiger partial charge in [-0.3, -0.25) is 4.79 Å². The van der Waals surface area contributed by atoms with Crippen LogP contribution in [0, 0.1) is 0 Å². The van der Waals surface area contributed by atoms with Crippen molar-refractivity contribution in [2.45, 2.75) is 20.0 Å². The van der Waals surface area contributed by atoms with Gasteiger partial charge in [-0.15, -0.1) is 0 Å². The zero-order valence-electron chi connectivity index (χ0n) is 15.2. The average molecular weight is 415 g/mol. The number of halogens is 1. The molecule has 0 unspecified atom stereocenters. The summed E-state index contributed by atoms with van der Waals surface area (Å²) in [5.74, 6) is 0.414. The standard InChI is InChI=1S/C20H19ClN4O2S/c1-2-17-18(28-20(22)24-17)19(26)25-23-11-13-6-8-16(9-7-13)27-12-14-4-3-5-15(21)10-14/h3-11H,2,12H2,1H3,(H2,22,24)(H,25,26)/b23-11+. The molecule has 0 atom stereocenters. The molecule has 0 radical (unpaired) electrons. The second-order valence-corrected chi connectivity index (χ2v) is 7.34. The highest BCUT2D eigenvalue weighted by Gasteiger charge is 2.15. The van der Waals surface area contributed by atoms with E-state index >= 15 is 0 Å². The van der Waals surface area contributed by atoms with Crippen molar-refractivity contribution >= 4 is 40.2 Å². The lowest BCUT2D eigenvalue weighted by molar-refractivity contribution is 0.0958. The van der Waals surface area contributed by atoms with Crippen molar-refractivity contribution in [3.63, 3.8) is 0 Å². The number of aromatic nitrogens is 1. The number of nitrogens with zero attached hydrogens (tertiary/aromatic N) is 2. The predicted molar refractivity (Wildman–Crippen MR) is 113 cm³/mol. The molecule has 6 nitrogen and oxygen atoms in total. The molecule has 0 spiro atoms. The van der Waals surface area contributed by atoms with E-state index in [0.29, 0.717) is 33.8 Å². The van der Waals surface area contributed by atoms with Crippen LogP contribution in [-0.2, 0) is 13.0 Å². The molecule has 1 amide bonds. The topological polar surface area (TPSA) is 89.6 Å². The van der Waals surface area contributed by atoms with Crippen molar-refractivity contribution in [1.82, 2.24) is 10.4 Å². The number of carbonyl (C=O) groups is 1. The van der Waals surface area contributed by atoms with E-state index in [1.807, 2.05) is 55.5 Å². The predicted octanol–water partition coefficient (Wildman–Crippen LogP) is 4.28. The van der Waals surface area contributed by atoms with Gasteiger partial charge < -0.3 is 10.5 Å². The Labute approximate surface area is 172 Å². The number of nitrogens with one attached hydrogen (secondary N) is 1. The third kappa shape index (κ3) is 5.31. The molecule has 0 fully saturated rings. The fourth-order valence-electron chi connectivity index (χ4n) is 2.45. The molecular formula is C20H19ClN4O2S. The third-order valence-corrected chi connectivity index (χ3v) is 4.97. The number of aryl methyl sites for hydroxylation is 1. The summed E-state index contributed by atoms with van der Waals surface area (Å²) < 4.78 is 5.74. The van der Waals surface area contributed by atoms with Gasteiger partial charge in [-0.2, -0.15) is 5.10 Å². The molecule has 0 saturated carbocycles. The molecule has 1 heterocycles. The van der Waals surface area contributed by atoms with Gasteiger partial charge in [0, 0.05) is 5.02 Å². The largest absolute Gasteiger partial charge is 0.489 e. The first-order valence-corrected chi connectivity index (χ1v) is 9.80. The molecule has 3 rings (SSSR count). The molecule has 0 aliphatic rings. The summed E-state index contributed by atoms with van der Waals surface area (Å²) in [5.41, 5.74) is 10.7. The maximum Gasteiger partial charge on any atom is 0.283 e. The molecule has 0 saturated heterocycles. The summed E-state index contributed by atoms with van der Waals surface area (Å²) in [6, 6.07) is 14.9. The Morgan fingerprint density at radius 2 is 2.11 bits per heavy atom. The molecular weight excluding hydrogens is 396 g/mol. The molecule has 8 heteroatoms. The second kappa shape index (κ2) is 9.34. The molecule has 0 bridgehead atoms. The van der Waals surface area contributed by atoms with Gasteiger partial charge in [-0.05, 0) is 53.9 Å². The van der Waals surface area contributed by atoms with Crippen LogP contribution in [0.1, 0.15) is 33.4 Å². The Morgan fingerprint density at radius 3 is 2.82 bits per heavy atom. The van der Waals surface area contributed by atoms with Crippen LogP contribution in [-0.4, -0.2) is 17.1 Å². The summed E-state index contributed by atoms with van der Waals surface area (Å²) in [6.45, 7) is 2.35. The second-order valence-electron chi connectivity index (χ2n) is 5.87. The fourth-order valence-corrected chi connectivity index (χ4v) is 3.47. The molecule has 2 aromatic carbocycles. The van der Waals surface area contributed by atoms with Crippen molar-refractivity contribution < 1.29 is 9.53 Å². The lowest BCUT2D eigenvalue weighted by atomic mass is 10.2. The van der Waals surface area contributed by atoms with Crippen LogP contribution >= 0.6 is 22.9 Å². The molecule has 28 heavy (non-hydrogen) atoms. The van der Waals surface area contributed by atoms with Gasteiger partial charge >= 0.3 is 0 Å². The maximum atomic E-state index is 12.2. The van der Waals surface area contributed by atoms with Gasteiger partial charge in [0.05, 0.1) is 11.9 Å².